The van der Waals surface area contributed by atoms with Crippen molar-refractivity contribution in [1.82, 2.24) is 0 Å². The first-order valence-electron chi connectivity index (χ1n) is 18.5. The molecule has 8 aliphatic rings. The molecule has 1 unspecified atom stereocenters. The molecule has 3 spiro atoms. The predicted molar refractivity (Wildman–Crippen MR) is 168 cm³/mol. The highest BCUT2D eigenvalue weighted by Crippen LogP contribution is 2.90. The monoisotopic (exact) mass is 648 g/mol. The first-order valence-corrected chi connectivity index (χ1v) is 18.5. The maximum atomic E-state index is 12.8. The van der Waals surface area contributed by atoms with Crippen molar-refractivity contribution in [2.75, 3.05) is 13.2 Å². The van der Waals surface area contributed by atoms with Crippen LogP contribution >= 0.6 is 0 Å². The molecule has 9 nitrogen and oxygen atoms in total. The molecule has 0 aromatic carbocycles. The second-order valence-electron chi connectivity index (χ2n) is 18.7. The molecule has 46 heavy (non-hydrogen) atoms. The summed E-state index contributed by atoms with van der Waals surface area (Å²) in [5.41, 5.74) is -0.714. The Morgan fingerprint density at radius 3 is 2.28 bits per heavy atom. The Morgan fingerprint density at radius 1 is 0.870 bits per heavy atom. The van der Waals surface area contributed by atoms with Crippen LogP contribution in [0.25, 0.3) is 0 Å². The van der Waals surface area contributed by atoms with Gasteiger partial charge in [-0.2, -0.15) is 0 Å². The van der Waals surface area contributed by atoms with Crippen LogP contribution in [-0.4, -0.2) is 94.0 Å². The normalized spacial score (nSPS) is 60.0. The lowest BCUT2D eigenvalue weighted by atomic mass is 9.41. The minimum atomic E-state index is -1.28. The van der Waals surface area contributed by atoms with Crippen molar-refractivity contribution < 1.29 is 44.1 Å². The lowest BCUT2D eigenvalue weighted by molar-refractivity contribution is -0.303. The third-order valence-corrected chi connectivity index (χ3v) is 16.4. The summed E-state index contributed by atoms with van der Waals surface area (Å²) in [5.74, 6) is 0.343. The molecule has 17 atom stereocenters. The lowest BCUT2D eigenvalue weighted by Crippen LogP contribution is -2.61. The van der Waals surface area contributed by atoms with Crippen LogP contribution in [0.15, 0.2) is 0 Å². The average Bonchev–Trinajstić information content (AvgIpc) is 3.50. The summed E-state index contributed by atoms with van der Waals surface area (Å²) in [6.45, 7) is 18.7. The van der Waals surface area contributed by atoms with Gasteiger partial charge in [-0.1, -0.05) is 34.6 Å². The van der Waals surface area contributed by atoms with Crippen molar-refractivity contribution in [3.8, 4) is 0 Å². The van der Waals surface area contributed by atoms with Crippen LogP contribution in [0.5, 0.6) is 0 Å². The van der Waals surface area contributed by atoms with Crippen LogP contribution in [-0.2, 0) is 23.7 Å². The van der Waals surface area contributed by atoms with Gasteiger partial charge in [0.2, 0.25) is 0 Å². The maximum Gasteiger partial charge on any atom is 0.199 e. The van der Waals surface area contributed by atoms with Gasteiger partial charge >= 0.3 is 0 Å². The van der Waals surface area contributed by atoms with E-state index in [2.05, 4.69) is 48.5 Å². The van der Waals surface area contributed by atoms with Crippen molar-refractivity contribution >= 4 is 0 Å². The minimum Gasteiger partial charge on any atom is -0.388 e. The zero-order chi connectivity index (χ0) is 33.0. The van der Waals surface area contributed by atoms with Gasteiger partial charge in [-0.05, 0) is 112 Å². The van der Waals surface area contributed by atoms with E-state index in [0.29, 0.717) is 24.4 Å². The Bertz CT molecular complexity index is 1240. The van der Waals surface area contributed by atoms with E-state index in [1.54, 1.807) is 0 Å². The highest BCUT2D eigenvalue weighted by molar-refractivity contribution is 5.34. The van der Waals surface area contributed by atoms with E-state index < -0.39 is 42.1 Å². The fourth-order valence-corrected chi connectivity index (χ4v) is 14.4. The van der Waals surface area contributed by atoms with E-state index in [1.807, 2.05) is 6.92 Å². The number of hydrogen-bond donors (Lipinski definition) is 4. The molecule has 8 rings (SSSR count). The summed E-state index contributed by atoms with van der Waals surface area (Å²) in [5, 5.41) is 43.7. The molecule has 4 N–H and O–H groups in total. The molecule has 9 heteroatoms. The largest absolute Gasteiger partial charge is 0.388 e. The quantitative estimate of drug-likeness (QED) is 0.325. The molecule has 0 aromatic heterocycles. The Kier molecular flexibility index (Phi) is 7.07. The molecule has 5 aliphatic carbocycles. The standard InChI is InChI=1S/C37H60O9/c1-9-43-32(5,6)28-21-16-19(2)27-33(7)14-15-36-18-35(36)13-12-24(44-29-26(40)25(39)20(38)17-42-29)31(3,4)22(35)10-11-23(36)34(33,8)30(41)37(27,45-21)46-28/h19-30,38-41H,9-18H2,1-8H3/t19-,20-,21?,22+,23+,24+,25+,26-,27-,28+,29+,30-,33-,34-,35-,36+,37-/m1/s1. The van der Waals surface area contributed by atoms with Gasteiger partial charge in [-0.15, -0.1) is 0 Å². The molecule has 5 saturated carbocycles. The van der Waals surface area contributed by atoms with Gasteiger partial charge in [0, 0.05) is 17.9 Å². The smallest absolute Gasteiger partial charge is 0.199 e. The van der Waals surface area contributed by atoms with Crippen LogP contribution in [0.4, 0.5) is 0 Å². The third-order valence-electron chi connectivity index (χ3n) is 16.4. The SMILES string of the molecule is CCOC(C)(C)[C@H]1O[C@]23OC1C[C@@H](C)[C@@H]2[C@@]1(C)CC[C@@]24C[C@@]25CC[C@H](O[C@@H]2OC[C@@H](O)[C@H](O)[C@H]2O)C(C)(C)[C@@H]5CC[C@H]4[C@]1(C)[C@H]3O. The Hall–Kier alpha value is -0.360. The first kappa shape index (κ1) is 32.8. The Balaban J connectivity index is 1.09. The molecule has 8 fully saturated rings. The van der Waals surface area contributed by atoms with Crippen molar-refractivity contribution in [2.45, 2.75) is 167 Å². The molecular formula is C37H60O9. The van der Waals surface area contributed by atoms with Gasteiger partial charge in [-0.25, -0.2) is 0 Å². The van der Waals surface area contributed by atoms with Gasteiger partial charge in [0.05, 0.1) is 24.4 Å². The molecule has 2 bridgehead atoms. The summed E-state index contributed by atoms with van der Waals surface area (Å²) < 4.78 is 32.5. The first-order chi connectivity index (χ1) is 21.5. The van der Waals surface area contributed by atoms with Crippen molar-refractivity contribution in [3.63, 3.8) is 0 Å². The van der Waals surface area contributed by atoms with Crippen LogP contribution in [0.3, 0.4) is 0 Å². The van der Waals surface area contributed by atoms with E-state index in [0.717, 1.165) is 38.5 Å². The average molecular weight is 649 g/mol. The molecule has 3 heterocycles. The van der Waals surface area contributed by atoms with E-state index in [9.17, 15) is 20.4 Å². The van der Waals surface area contributed by atoms with Gasteiger partial charge in [0.15, 0.2) is 12.1 Å². The zero-order valence-electron chi connectivity index (χ0n) is 29.3. The van der Waals surface area contributed by atoms with E-state index in [1.165, 1.54) is 12.8 Å². The summed E-state index contributed by atoms with van der Waals surface area (Å²) in [4.78, 5) is 0. The van der Waals surface area contributed by atoms with Crippen molar-refractivity contribution in [1.29, 1.82) is 0 Å². The highest BCUT2D eigenvalue weighted by Gasteiger charge is 2.88. The molecular weight excluding hydrogens is 588 g/mol. The number of ether oxygens (including phenoxy) is 5. The van der Waals surface area contributed by atoms with Crippen molar-refractivity contribution in [2.24, 2.45) is 50.7 Å². The van der Waals surface area contributed by atoms with Crippen LogP contribution in [0.2, 0.25) is 0 Å². The van der Waals surface area contributed by atoms with Gasteiger partial charge < -0.3 is 44.1 Å². The third kappa shape index (κ3) is 3.69. The topological polar surface area (TPSA) is 127 Å². The summed E-state index contributed by atoms with van der Waals surface area (Å²) >= 11 is 0. The molecule has 3 aliphatic heterocycles. The highest BCUT2D eigenvalue weighted by atomic mass is 16.8. The Labute approximate surface area is 275 Å². The molecule has 3 saturated heterocycles. The van der Waals surface area contributed by atoms with Gasteiger partial charge in [-0.3, -0.25) is 0 Å². The van der Waals surface area contributed by atoms with Crippen molar-refractivity contribution in [3.05, 3.63) is 0 Å². The van der Waals surface area contributed by atoms with Crippen LogP contribution < -0.4 is 0 Å². The minimum absolute atomic E-state index is 0.0486. The fourth-order valence-electron chi connectivity index (χ4n) is 14.4. The Morgan fingerprint density at radius 2 is 1.57 bits per heavy atom. The predicted octanol–water partition coefficient (Wildman–Crippen LogP) is 4.17. The lowest BCUT2D eigenvalue weighted by Gasteiger charge is -2.63. The zero-order valence-corrected chi connectivity index (χ0v) is 29.3. The fraction of sp³-hybridized carbons (Fsp3) is 1.00. The second kappa shape index (κ2) is 9.91. The molecule has 262 valence electrons. The maximum absolute atomic E-state index is 12.8. The van der Waals surface area contributed by atoms with E-state index in [4.69, 9.17) is 23.7 Å². The summed E-state index contributed by atoms with van der Waals surface area (Å²) in [7, 11) is 0. The summed E-state index contributed by atoms with van der Waals surface area (Å²) in [6, 6.07) is 0. The molecule has 0 radical (unpaired) electrons. The van der Waals surface area contributed by atoms with E-state index >= 15 is 0 Å². The number of rotatable bonds is 5. The van der Waals surface area contributed by atoms with Crippen LogP contribution in [0.1, 0.15) is 107 Å². The van der Waals surface area contributed by atoms with E-state index in [-0.39, 0.29) is 57.9 Å². The van der Waals surface area contributed by atoms with Gasteiger partial charge in [0.25, 0.3) is 0 Å². The molecule has 0 aromatic rings. The van der Waals surface area contributed by atoms with Crippen LogP contribution in [0, 0.1) is 50.7 Å². The number of aliphatic hydroxyl groups is 4. The number of hydrogen-bond acceptors (Lipinski definition) is 9. The number of aliphatic hydroxyl groups excluding tert-OH is 4. The second-order valence-corrected chi connectivity index (χ2v) is 18.7. The van der Waals surface area contributed by atoms with Gasteiger partial charge in [0.1, 0.15) is 30.5 Å². The summed E-state index contributed by atoms with van der Waals surface area (Å²) in [6.07, 6.45) is 2.71. The molecule has 0 amide bonds. The number of fused-ring (bicyclic) bond motifs is 4.